The summed E-state index contributed by atoms with van der Waals surface area (Å²) in [5.74, 6) is -2.85. The molecule has 21 heavy (non-hydrogen) atoms. The first kappa shape index (κ1) is 14.9. The van der Waals surface area contributed by atoms with Crippen molar-refractivity contribution in [1.82, 2.24) is 0 Å². The molecule has 6 heteroatoms. The van der Waals surface area contributed by atoms with E-state index in [1.807, 2.05) is 0 Å². The van der Waals surface area contributed by atoms with Crippen LogP contribution >= 0.6 is 0 Å². The highest BCUT2D eigenvalue weighted by Gasteiger charge is 2.13. The number of nitrogens with one attached hydrogen (secondary N) is 1. The summed E-state index contributed by atoms with van der Waals surface area (Å²) in [6.07, 6.45) is 0. The van der Waals surface area contributed by atoms with Gasteiger partial charge in [-0.05, 0) is 24.3 Å². The van der Waals surface area contributed by atoms with Crippen molar-refractivity contribution in [2.45, 2.75) is 6.54 Å². The van der Waals surface area contributed by atoms with Crippen LogP contribution in [0.25, 0.3) is 0 Å². The number of anilines is 1. The normalized spacial score (nSPS) is 10.3. The lowest BCUT2D eigenvalue weighted by Gasteiger charge is -2.09. The predicted octanol–water partition coefficient (Wildman–Crippen LogP) is 3.50. The van der Waals surface area contributed by atoms with Gasteiger partial charge in [0.25, 0.3) is 0 Å². The van der Waals surface area contributed by atoms with Crippen LogP contribution in [0.1, 0.15) is 15.9 Å². The van der Waals surface area contributed by atoms with Gasteiger partial charge in [-0.2, -0.15) is 0 Å². The molecule has 0 radical (unpaired) electrons. The smallest absolute Gasteiger partial charge is 0.340 e. The summed E-state index contributed by atoms with van der Waals surface area (Å²) in [7, 11) is 1.15. The SMILES string of the molecule is COC(=O)c1cc(NCc2ccc(F)cc2F)ccc1F. The first-order valence-electron chi connectivity index (χ1n) is 6.07. The molecule has 0 bridgehead atoms. The van der Waals surface area contributed by atoms with E-state index in [2.05, 4.69) is 10.1 Å². The van der Waals surface area contributed by atoms with Crippen molar-refractivity contribution < 1.29 is 22.7 Å². The Hall–Kier alpha value is -2.50. The maximum Gasteiger partial charge on any atom is 0.340 e. The first-order chi connectivity index (χ1) is 10.0. The Balaban J connectivity index is 2.15. The Morgan fingerprint density at radius 1 is 1.10 bits per heavy atom. The highest BCUT2D eigenvalue weighted by Crippen LogP contribution is 2.17. The molecule has 110 valence electrons. The van der Waals surface area contributed by atoms with Gasteiger partial charge < -0.3 is 10.1 Å². The molecule has 0 amide bonds. The third-order valence-corrected chi connectivity index (χ3v) is 2.87. The van der Waals surface area contributed by atoms with Crippen molar-refractivity contribution in [3.8, 4) is 0 Å². The fourth-order valence-electron chi connectivity index (χ4n) is 1.76. The van der Waals surface area contributed by atoms with Crippen molar-refractivity contribution in [3.63, 3.8) is 0 Å². The first-order valence-corrected chi connectivity index (χ1v) is 6.07. The molecule has 2 aromatic carbocycles. The Kier molecular flexibility index (Phi) is 4.47. The second-order valence-electron chi connectivity index (χ2n) is 4.28. The van der Waals surface area contributed by atoms with Crippen LogP contribution in [-0.2, 0) is 11.3 Å². The number of carbonyl (C=O) groups excluding carboxylic acids is 1. The molecule has 0 saturated heterocycles. The molecule has 0 unspecified atom stereocenters. The minimum absolute atomic E-state index is 0.0678. The molecule has 0 spiro atoms. The monoisotopic (exact) mass is 295 g/mol. The average molecular weight is 295 g/mol. The van der Waals surface area contributed by atoms with E-state index >= 15 is 0 Å². The quantitative estimate of drug-likeness (QED) is 0.877. The van der Waals surface area contributed by atoms with Crippen LogP contribution in [0.2, 0.25) is 0 Å². The van der Waals surface area contributed by atoms with Gasteiger partial charge >= 0.3 is 5.97 Å². The Morgan fingerprint density at radius 3 is 2.52 bits per heavy atom. The molecule has 0 aliphatic carbocycles. The van der Waals surface area contributed by atoms with E-state index in [4.69, 9.17) is 0 Å². The number of carbonyl (C=O) groups is 1. The lowest BCUT2D eigenvalue weighted by molar-refractivity contribution is 0.0595. The van der Waals surface area contributed by atoms with Gasteiger partial charge in [0.15, 0.2) is 0 Å². The van der Waals surface area contributed by atoms with E-state index in [1.165, 1.54) is 18.2 Å². The number of rotatable bonds is 4. The summed E-state index contributed by atoms with van der Waals surface area (Å²) < 4.78 is 44.2. The Morgan fingerprint density at radius 2 is 1.86 bits per heavy atom. The van der Waals surface area contributed by atoms with Crippen LogP contribution in [0.5, 0.6) is 0 Å². The summed E-state index contributed by atoms with van der Waals surface area (Å²) in [4.78, 5) is 11.4. The number of halogens is 3. The van der Waals surface area contributed by atoms with E-state index < -0.39 is 23.4 Å². The summed E-state index contributed by atoms with van der Waals surface area (Å²) in [5, 5.41) is 2.83. The summed E-state index contributed by atoms with van der Waals surface area (Å²) in [6.45, 7) is 0.0678. The van der Waals surface area contributed by atoms with Crippen molar-refractivity contribution >= 4 is 11.7 Å². The van der Waals surface area contributed by atoms with E-state index in [0.717, 1.165) is 25.3 Å². The van der Waals surface area contributed by atoms with E-state index in [9.17, 15) is 18.0 Å². The maximum absolute atomic E-state index is 13.5. The molecular weight excluding hydrogens is 283 g/mol. The number of hydrogen-bond acceptors (Lipinski definition) is 3. The highest BCUT2D eigenvalue weighted by atomic mass is 19.1. The third kappa shape index (κ3) is 3.53. The molecule has 0 heterocycles. The molecule has 0 aliphatic rings. The van der Waals surface area contributed by atoms with E-state index in [-0.39, 0.29) is 17.7 Å². The van der Waals surface area contributed by atoms with Crippen LogP contribution in [0.3, 0.4) is 0 Å². The van der Waals surface area contributed by atoms with Gasteiger partial charge in [0.1, 0.15) is 17.5 Å². The lowest BCUT2D eigenvalue weighted by Crippen LogP contribution is -2.07. The van der Waals surface area contributed by atoms with Gasteiger partial charge in [-0.15, -0.1) is 0 Å². The number of ether oxygens (including phenoxy) is 1. The van der Waals surface area contributed by atoms with E-state index in [1.54, 1.807) is 0 Å². The fraction of sp³-hybridized carbons (Fsp3) is 0.133. The van der Waals surface area contributed by atoms with Gasteiger partial charge in [-0.25, -0.2) is 18.0 Å². The summed E-state index contributed by atoms with van der Waals surface area (Å²) >= 11 is 0. The highest BCUT2D eigenvalue weighted by molar-refractivity contribution is 5.90. The van der Waals surface area contributed by atoms with E-state index in [0.29, 0.717) is 5.69 Å². The number of esters is 1. The van der Waals surface area contributed by atoms with Crippen LogP contribution in [0, 0.1) is 17.5 Å². The third-order valence-electron chi connectivity index (χ3n) is 2.87. The standard InChI is InChI=1S/C15H12F3NO2/c1-21-15(20)12-7-11(4-5-13(12)17)19-8-9-2-3-10(16)6-14(9)18/h2-7,19H,8H2,1H3. The van der Waals surface area contributed by atoms with Crippen molar-refractivity contribution in [2.24, 2.45) is 0 Å². The van der Waals surface area contributed by atoms with Crippen molar-refractivity contribution in [1.29, 1.82) is 0 Å². The van der Waals surface area contributed by atoms with Gasteiger partial charge in [-0.3, -0.25) is 0 Å². The van der Waals surface area contributed by atoms with Crippen LogP contribution < -0.4 is 5.32 Å². The number of hydrogen-bond donors (Lipinski definition) is 1. The predicted molar refractivity (Wildman–Crippen MR) is 71.4 cm³/mol. The molecular formula is C15H12F3NO2. The zero-order chi connectivity index (χ0) is 15.4. The minimum atomic E-state index is -0.802. The van der Waals surface area contributed by atoms with Gasteiger partial charge in [0.05, 0.1) is 12.7 Å². The zero-order valence-electron chi connectivity index (χ0n) is 11.1. The molecule has 1 N–H and O–H groups in total. The molecule has 0 atom stereocenters. The molecule has 0 aliphatic heterocycles. The van der Waals surface area contributed by atoms with Crippen LogP contribution in [0.4, 0.5) is 18.9 Å². The summed E-state index contributed by atoms with van der Waals surface area (Å²) in [6, 6.07) is 7.01. The molecule has 3 nitrogen and oxygen atoms in total. The van der Waals surface area contributed by atoms with Gasteiger partial charge in [0, 0.05) is 23.9 Å². The fourth-order valence-corrected chi connectivity index (χ4v) is 1.76. The summed E-state index contributed by atoms with van der Waals surface area (Å²) in [5.41, 5.74) is 0.447. The average Bonchev–Trinajstić information content (AvgIpc) is 2.47. The second-order valence-corrected chi connectivity index (χ2v) is 4.28. The topological polar surface area (TPSA) is 38.3 Å². The molecule has 2 rings (SSSR count). The van der Waals surface area contributed by atoms with Crippen molar-refractivity contribution in [3.05, 3.63) is 65.0 Å². The molecule has 0 saturated carbocycles. The lowest BCUT2D eigenvalue weighted by atomic mass is 10.1. The van der Waals surface area contributed by atoms with Crippen molar-refractivity contribution in [2.75, 3.05) is 12.4 Å². The Bertz CT molecular complexity index is 674. The molecule has 0 aromatic heterocycles. The Labute approximate surface area is 119 Å². The van der Waals surface area contributed by atoms with Gasteiger partial charge in [0.2, 0.25) is 0 Å². The number of methoxy groups -OCH3 is 1. The van der Waals surface area contributed by atoms with Crippen LogP contribution in [0.15, 0.2) is 36.4 Å². The zero-order valence-corrected chi connectivity index (χ0v) is 11.1. The maximum atomic E-state index is 13.5. The van der Waals surface area contributed by atoms with Crippen LogP contribution in [-0.4, -0.2) is 13.1 Å². The molecule has 2 aromatic rings. The minimum Gasteiger partial charge on any atom is -0.465 e. The second kappa shape index (κ2) is 6.30. The largest absolute Gasteiger partial charge is 0.465 e. The molecule has 0 fully saturated rings. The number of benzene rings is 2. The van der Waals surface area contributed by atoms with Gasteiger partial charge in [-0.1, -0.05) is 6.07 Å².